The molecule has 0 N–H and O–H groups in total. The number of halogens is 2. The van der Waals surface area contributed by atoms with E-state index in [2.05, 4.69) is 15.9 Å². The number of esters is 1. The maximum atomic E-state index is 13.2. The van der Waals surface area contributed by atoms with E-state index in [4.69, 9.17) is 9.47 Å². The van der Waals surface area contributed by atoms with Gasteiger partial charge in [0.1, 0.15) is 5.82 Å². The molecule has 0 atom stereocenters. The Morgan fingerprint density at radius 1 is 1.03 bits per heavy atom. The van der Waals surface area contributed by atoms with Gasteiger partial charge in [-0.05, 0) is 92.9 Å². The largest absolute Gasteiger partial charge is 0.490 e. The van der Waals surface area contributed by atoms with Crippen LogP contribution in [0.15, 0.2) is 88.2 Å². The number of rotatable bonds is 7. The lowest BCUT2D eigenvalue weighted by Crippen LogP contribution is -2.27. The van der Waals surface area contributed by atoms with E-state index in [1.165, 1.54) is 24.3 Å². The average molecular weight is 606 g/mol. The Morgan fingerprint density at radius 2 is 1.77 bits per heavy atom. The molecule has 0 radical (unpaired) electrons. The molecular weight excluding hydrogens is 585 g/mol. The van der Waals surface area contributed by atoms with Gasteiger partial charge < -0.3 is 9.47 Å². The van der Waals surface area contributed by atoms with Gasteiger partial charge >= 0.3 is 5.97 Å². The summed E-state index contributed by atoms with van der Waals surface area (Å²) in [4.78, 5) is 40.1. The second-order valence-corrected chi connectivity index (χ2v) is 10.4. The lowest BCUT2D eigenvalue weighted by molar-refractivity contribution is -0.123. The minimum absolute atomic E-state index is 0.0409. The van der Waals surface area contributed by atoms with Crippen LogP contribution in [0.3, 0.4) is 0 Å². The highest BCUT2D eigenvalue weighted by Crippen LogP contribution is 2.40. The number of nitrogens with zero attached hydrogens (tertiary/aromatic N) is 1. The number of thioether (sulfide) groups is 1. The van der Waals surface area contributed by atoms with E-state index >= 15 is 0 Å². The highest BCUT2D eigenvalue weighted by molar-refractivity contribution is 9.10. The molecule has 39 heavy (non-hydrogen) atoms. The van der Waals surface area contributed by atoms with Crippen LogP contribution in [0.1, 0.15) is 28.4 Å². The summed E-state index contributed by atoms with van der Waals surface area (Å²) in [6.07, 6.45) is 1.58. The molecule has 5 rings (SSSR count). The van der Waals surface area contributed by atoms with Gasteiger partial charge in [0.25, 0.3) is 11.1 Å². The van der Waals surface area contributed by atoms with Crippen molar-refractivity contribution < 1.29 is 28.2 Å². The van der Waals surface area contributed by atoms with Gasteiger partial charge in [-0.2, -0.15) is 0 Å². The second-order valence-electron chi connectivity index (χ2n) is 8.57. The summed E-state index contributed by atoms with van der Waals surface area (Å²) in [5.41, 5.74) is 1.63. The third-order valence-electron chi connectivity index (χ3n) is 5.96. The molecule has 0 unspecified atom stereocenters. The van der Waals surface area contributed by atoms with Crippen LogP contribution in [-0.2, 0) is 11.3 Å². The van der Waals surface area contributed by atoms with E-state index in [1.807, 2.05) is 30.3 Å². The van der Waals surface area contributed by atoms with Crippen molar-refractivity contribution in [1.29, 1.82) is 0 Å². The Bertz CT molecular complexity index is 1630. The van der Waals surface area contributed by atoms with E-state index in [1.54, 1.807) is 37.3 Å². The van der Waals surface area contributed by atoms with Crippen LogP contribution < -0.4 is 9.47 Å². The third-order valence-corrected chi connectivity index (χ3v) is 7.46. The van der Waals surface area contributed by atoms with E-state index in [0.717, 1.165) is 27.4 Å². The quantitative estimate of drug-likeness (QED) is 0.123. The number of carbonyl (C=O) groups is 3. The number of ether oxygens (including phenoxy) is 2. The number of carbonyl (C=O) groups excluding carboxylic acids is 3. The number of hydrogen-bond donors (Lipinski definition) is 0. The minimum atomic E-state index is -0.539. The van der Waals surface area contributed by atoms with E-state index in [0.29, 0.717) is 33.5 Å². The van der Waals surface area contributed by atoms with Crippen molar-refractivity contribution in [2.75, 3.05) is 6.61 Å². The number of imide groups is 1. The standard InChI is InChI=1S/C30H21BrFNO5S/c1-2-37-25-15-19(16-26-28(34)33(30(36)39-26)17-18-10-12-21(32)13-11-18)14-24(31)27(25)38-29(35)23-9-5-7-20-6-3-4-8-22(20)23/h3-16H,2,17H2,1H3/b26-16-. The summed E-state index contributed by atoms with van der Waals surface area (Å²) < 4.78 is 25.2. The summed E-state index contributed by atoms with van der Waals surface area (Å²) in [5.74, 6) is -0.874. The molecule has 0 bridgehead atoms. The molecule has 4 aromatic rings. The average Bonchev–Trinajstić information content (AvgIpc) is 3.18. The lowest BCUT2D eigenvalue weighted by atomic mass is 10.0. The number of hydrogen-bond acceptors (Lipinski definition) is 6. The van der Waals surface area contributed by atoms with E-state index in [-0.39, 0.29) is 17.2 Å². The molecule has 1 heterocycles. The Kier molecular flexibility index (Phi) is 7.81. The minimum Gasteiger partial charge on any atom is -0.490 e. The van der Waals surface area contributed by atoms with Gasteiger partial charge in [0, 0.05) is 0 Å². The number of fused-ring (bicyclic) bond motifs is 1. The van der Waals surface area contributed by atoms with Crippen molar-refractivity contribution >= 4 is 61.7 Å². The summed E-state index contributed by atoms with van der Waals surface area (Å²) >= 11 is 4.29. The smallest absolute Gasteiger partial charge is 0.344 e. The SMILES string of the molecule is CCOc1cc(/C=C2\SC(=O)N(Cc3ccc(F)cc3)C2=O)cc(Br)c1OC(=O)c1cccc2ccccc12. The molecule has 196 valence electrons. The highest BCUT2D eigenvalue weighted by Gasteiger charge is 2.35. The zero-order valence-electron chi connectivity index (χ0n) is 20.6. The maximum absolute atomic E-state index is 13.2. The molecule has 1 aliphatic rings. The van der Waals surface area contributed by atoms with Crippen molar-refractivity contribution in [3.05, 3.63) is 111 Å². The Labute approximate surface area is 236 Å². The van der Waals surface area contributed by atoms with E-state index in [9.17, 15) is 18.8 Å². The first-order chi connectivity index (χ1) is 18.8. The highest BCUT2D eigenvalue weighted by atomic mass is 79.9. The normalized spacial score (nSPS) is 14.3. The summed E-state index contributed by atoms with van der Waals surface area (Å²) in [6, 6.07) is 21.9. The van der Waals surface area contributed by atoms with Crippen LogP contribution in [0, 0.1) is 5.82 Å². The van der Waals surface area contributed by atoms with Crippen LogP contribution in [0.2, 0.25) is 0 Å². The first-order valence-electron chi connectivity index (χ1n) is 12.0. The molecule has 6 nitrogen and oxygen atoms in total. The monoisotopic (exact) mass is 605 g/mol. The fourth-order valence-corrected chi connectivity index (χ4v) is 5.52. The first kappa shape index (κ1) is 26.6. The first-order valence-corrected chi connectivity index (χ1v) is 13.6. The van der Waals surface area contributed by atoms with Crippen molar-refractivity contribution in [1.82, 2.24) is 4.90 Å². The summed E-state index contributed by atoms with van der Waals surface area (Å²) in [5, 5.41) is 1.27. The molecule has 1 fully saturated rings. The fraction of sp³-hybridized carbons (Fsp3) is 0.100. The van der Waals surface area contributed by atoms with E-state index < -0.39 is 22.9 Å². The van der Waals surface area contributed by atoms with Crippen LogP contribution >= 0.6 is 27.7 Å². The Hall–Kier alpha value is -3.95. The molecule has 2 amide bonds. The zero-order chi connectivity index (χ0) is 27.5. The van der Waals surface area contributed by atoms with Gasteiger partial charge in [-0.15, -0.1) is 0 Å². The Balaban J connectivity index is 1.41. The lowest BCUT2D eigenvalue weighted by Gasteiger charge is -2.14. The van der Waals surface area contributed by atoms with Crippen LogP contribution in [0.5, 0.6) is 11.5 Å². The molecular formula is C30H21BrFNO5S. The topological polar surface area (TPSA) is 72.9 Å². The Morgan fingerprint density at radius 3 is 2.54 bits per heavy atom. The van der Waals surface area contributed by atoms with Crippen LogP contribution in [-0.4, -0.2) is 28.6 Å². The van der Waals surface area contributed by atoms with Gasteiger partial charge in [0.15, 0.2) is 11.5 Å². The molecule has 0 spiro atoms. The molecule has 1 aliphatic heterocycles. The second kappa shape index (κ2) is 11.4. The van der Waals surface area contributed by atoms with Crippen molar-refractivity contribution in [2.24, 2.45) is 0 Å². The van der Waals surface area contributed by atoms with Crippen molar-refractivity contribution in [3.8, 4) is 11.5 Å². The van der Waals surface area contributed by atoms with Gasteiger partial charge in [-0.1, -0.05) is 48.5 Å². The van der Waals surface area contributed by atoms with Crippen LogP contribution in [0.25, 0.3) is 16.8 Å². The third kappa shape index (κ3) is 5.74. The molecule has 9 heteroatoms. The molecule has 0 aliphatic carbocycles. The zero-order valence-corrected chi connectivity index (χ0v) is 23.1. The predicted molar refractivity (Wildman–Crippen MR) is 152 cm³/mol. The number of benzene rings is 4. The maximum Gasteiger partial charge on any atom is 0.344 e. The molecule has 0 aromatic heterocycles. The molecule has 0 saturated carbocycles. The number of amides is 2. The van der Waals surface area contributed by atoms with Gasteiger partial charge in [-0.3, -0.25) is 14.5 Å². The molecule has 1 saturated heterocycles. The van der Waals surface area contributed by atoms with Gasteiger partial charge in [-0.25, -0.2) is 9.18 Å². The van der Waals surface area contributed by atoms with Gasteiger partial charge in [0.05, 0.1) is 28.1 Å². The fourth-order valence-electron chi connectivity index (χ4n) is 4.14. The van der Waals surface area contributed by atoms with Crippen LogP contribution in [0.4, 0.5) is 9.18 Å². The van der Waals surface area contributed by atoms with Crippen molar-refractivity contribution in [2.45, 2.75) is 13.5 Å². The molecule has 4 aromatic carbocycles. The summed E-state index contributed by atoms with van der Waals surface area (Å²) in [6.45, 7) is 2.15. The summed E-state index contributed by atoms with van der Waals surface area (Å²) in [7, 11) is 0. The van der Waals surface area contributed by atoms with Gasteiger partial charge in [0.2, 0.25) is 0 Å². The predicted octanol–water partition coefficient (Wildman–Crippen LogP) is 7.60. The van der Waals surface area contributed by atoms with Crippen molar-refractivity contribution in [3.63, 3.8) is 0 Å².